The summed E-state index contributed by atoms with van der Waals surface area (Å²) in [6, 6.07) is 10.8. The normalized spacial score (nSPS) is 17.8. The molecule has 1 heterocycles. The fraction of sp³-hybridized carbons (Fsp3) is 0.350. The van der Waals surface area contributed by atoms with Crippen molar-refractivity contribution in [2.24, 2.45) is 0 Å². The van der Waals surface area contributed by atoms with Gasteiger partial charge in [-0.15, -0.1) is 0 Å². The fourth-order valence-electron chi connectivity index (χ4n) is 3.06. The summed E-state index contributed by atoms with van der Waals surface area (Å²) in [5.41, 5.74) is 1.74. The first kappa shape index (κ1) is 18.9. The minimum Gasteiger partial charge on any atom is -0.487 e. The van der Waals surface area contributed by atoms with Crippen LogP contribution >= 0.6 is 23.2 Å². The second-order valence-electron chi connectivity index (χ2n) is 7.09. The predicted molar refractivity (Wildman–Crippen MR) is 103 cm³/mol. The first-order chi connectivity index (χ1) is 12.2. The molecule has 1 aliphatic heterocycles. The second-order valence-corrected chi connectivity index (χ2v) is 7.93. The standard InChI is InChI=1S/C20H21Cl2NO3/c1-12-4-6-14-16(10-20(2,3)26-18(14)8-12)23-19(24)11-25-17-7-5-13(21)9-15(17)22/h4-9,16H,10-11H2,1-3H3,(H,23,24)/t16-/m1/s1. The first-order valence-corrected chi connectivity index (χ1v) is 9.16. The van der Waals surface area contributed by atoms with Crippen molar-refractivity contribution in [3.8, 4) is 11.5 Å². The van der Waals surface area contributed by atoms with Crippen molar-refractivity contribution in [3.05, 3.63) is 57.6 Å². The zero-order valence-electron chi connectivity index (χ0n) is 14.9. The highest BCUT2D eigenvalue weighted by molar-refractivity contribution is 6.35. The van der Waals surface area contributed by atoms with Gasteiger partial charge < -0.3 is 14.8 Å². The summed E-state index contributed by atoms with van der Waals surface area (Å²) in [5.74, 6) is 1.02. The second kappa shape index (κ2) is 7.37. The molecule has 26 heavy (non-hydrogen) atoms. The molecule has 0 bridgehead atoms. The summed E-state index contributed by atoms with van der Waals surface area (Å²) in [6.07, 6.45) is 0.677. The molecular weight excluding hydrogens is 373 g/mol. The van der Waals surface area contributed by atoms with Crippen LogP contribution in [0.1, 0.15) is 37.4 Å². The van der Waals surface area contributed by atoms with Gasteiger partial charge in [-0.1, -0.05) is 35.3 Å². The van der Waals surface area contributed by atoms with Gasteiger partial charge in [0.1, 0.15) is 17.1 Å². The molecule has 0 unspecified atom stereocenters. The van der Waals surface area contributed by atoms with E-state index in [0.29, 0.717) is 22.2 Å². The summed E-state index contributed by atoms with van der Waals surface area (Å²) in [5, 5.41) is 3.93. The molecule has 0 radical (unpaired) electrons. The maximum atomic E-state index is 12.4. The van der Waals surface area contributed by atoms with Crippen molar-refractivity contribution in [3.63, 3.8) is 0 Å². The third-order valence-electron chi connectivity index (χ3n) is 4.21. The molecule has 4 nitrogen and oxygen atoms in total. The van der Waals surface area contributed by atoms with Gasteiger partial charge in [0.25, 0.3) is 5.91 Å². The molecule has 6 heteroatoms. The van der Waals surface area contributed by atoms with E-state index in [1.165, 1.54) is 0 Å². The Morgan fingerprint density at radius 3 is 2.77 bits per heavy atom. The predicted octanol–water partition coefficient (Wildman–Crippen LogP) is 5.10. The molecule has 1 aliphatic rings. The van der Waals surface area contributed by atoms with Crippen molar-refractivity contribution in [1.29, 1.82) is 0 Å². The lowest BCUT2D eigenvalue weighted by Crippen LogP contribution is -2.42. The van der Waals surface area contributed by atoms with E-state index in [1.54, 1.807) is 18.2 Å². The largest absolute Gasteiger partial charge is 0.487 e. The van der Waals surface area contributed by atoms with Crippen LogP contribution in [0.25, 0.3) is 0 Å². The molecule has 3 rings (SSSR count). The van der Waals surface area contributed by atoms with Gasteiger partial charge in [-0.3, -0.25) is 4.79 Å². The topological polar surface area (TPSA) is 47.6 Å². The number of aryl methyl sites for hydroxylation is 1. The van der Waals surface area contributed by atoms with E-state index in [9.17, 15) is 4.79 Å². The van der Waals surface area contributed by atoms with Gasteiger partial charge in [-0.05, 0) is 50.6 Å². The molecule has 0 spiro atoms. The summed E-state index contributed by atoms with van der Waals surface area (Å²) >= 11 is 11.9. The van der Waals surface area contributed by atoms with E-state index in [-0.39, 0.29) is 24.2 Å². The monoisotopic (exact) mass is 393 g/mol. The smallest absolute Gasteiger partial charge is 0.258 e. The Morgan fingerprint density at radius 1 is 1.27 bits per heavy atom. The van der Waals surface area contributed by atoms with Gasteiger partial charge in [-0.25, -0.2) is 0 Å². The maximum absolute atomic E-state index is 12.4. The van der Waals surface area contributed by atoms with Crippen LogP contribution in [-0.4, -0.2) is 18.1 Å². The summed E-state index contributed by atoms with van der Waals surface area (Å²) < 4.78 is 11.6. The number of rotatable bonds is 4. The van der Waals surface area contributed by atoms with Crippen LogP contribution in [-0.2, 0) is 4.79 Å². The Balaban J connectivity index is 1.69. The minimum atomic E-state index is -0.362. The van der Waals surface area contributed by atoms with Gasteiger partial charge in [0, 0.05) is 17.0 Å². The van der Waals surface area contributed by atoms with Gasteiger partial charge in [0.05, 0.1) is 11.1 Å². The molecule has 1 atom stereocenters. The van der Waals surface area contributed by atoms with Crippen molar-refractivity contribution < 1.29 is 14.3 Å². The molecule has 2 aromatic carbocycles. The van der Waals surface area contributed by atoms with Crippen molar-refractivity contribution in [2.45, 2.75) is 38.8 Å². The molecular formula is C20H21Cl2NO3. The lowest BCUT2D eigenvalue weighted by atomic mass is 9.89. The first-order valence-electron chi connectivity index (χ1n) is 8.40. The van der Waals surface area contributed by atoms with Crippen LogP contribution in [0.3, 0.4) is 0 Å². The highest BCUT2D eigenvalue weighted by Crippen LogP contribution is 2.39. The van der Waals surface area contributed by atoms with Crippen LogP contribution in [0.2, 0.25) is 10.0 Å². The van der Waals surface area contributed by atoms with E-state index in [1.807, 2.05) is 39.0 Å². The number of halogens is 2. The number of carbonyl (C=O) groups excluding carboxylic acids is 1. The van der Waals surface area contributed by atoms with E-state index in [2.05, 4.69) is 5.32 Å². The molecule has 0 fully saturated rings. The van der Waals surface area contributed by atoms with Crippen LogP contribution in [0.5, 0.6) is 11.5 Å². The summed E-state index contributed by atoms with van der Waals surface area (Å²) in [6.45, 7) is 5.92. The number of hydrogen-bond acceptors (Lipinski definition) is 3. The van der Waals surface area contributed by atoms with Crippen LogP contribution in [0.15, 0.2) is 36.4 Å². The van der Waals surface area contributed by atoms with Crippen molar-refractivity contribution in [1.82, 2.24) is 5.32 Å². The Bertz CT molecular complexity index is 836. The Kier molecular flexibility index (Phi) is 5.35. The third-order valence-corrected chi connectivity index (χ3v) is 4.74. The minimum absolute atomic E-state index is 0.125. The molecule has 0 saturated carbocycles. The number of amides is 1. The zero-order chi connectivity index (χ0) is 18.9. The third kappa shape index (κ3) is 4.43. The number of nitrogens with one attached hydrogen (secondary N) is 1. The Morgan fingerprint density at radius 2 is 2.04 bits per heavy atom. The number of benzene rings is 2. The molecule has 138 valence electrons. The van der Waals surface area contributed by atoms with E-state index < -0.39 is 0 Å². The summed E-state index contributed by atoms with van der Waals surface area (Å²) in [4.78, 5) is 12.4. The molecule has 0 aromatic heterocycles. The lowest BCUT2D eigenvalue weighted by Gasteiger charge is -2.38. The van der Waals surface area contributed by atoms with Gasteiger partial charge >= 0.3 is 0 Å². The Labute approximate surface area is 163 Å². The molecule has 2 aromatic rings. The van der Waals surface area contributed by atoms with Crippen molar-refractivity contribution in [2.75, 3.05) is 6.61 Å². The summed E-state index contributed by atoms with van der Waals surface area (Å²) in [7, 11) is 0. The van der Waals surface area contributed by atoms with Crippen LogP contribution in [0.4, 0.5) is 0 Å². The van der Waals surface area contributed by atoms with Gasteiger partial charge in [0.15, 0.2) is 6.61 Å². The average molecular weight is 394 g/mol. The highest BCUT2D eigenvalue weighted by Gasteiger charge is 2.34. The average Bonchev–Trinajstić information content (AvgIpc) is 2.52. The van der Waals surface area contributed by atoms with Crippen molar-refractivity contribution >= 4 is 29.1 Å². The van der Waals surface area contributed by atoms with Crippen LogP contribution < -0.4 is 14.8 Å². The van der Waals surface area contributed by atoms with E-state index in [0.717, 1.165) is 16.9 Å². The van der Waals surface area contributed by atoms with Gasteiger partial charge in [0.2, 0.25) is 0 Å². The molecule has 0 aliphatic carbocycles. The lowest BCUT2D eigenvalue weighted by molar-refractivity contribution is -0.124. The number of fused-ring (bicyclic) bond motifs is 1. The quantitative estimate of drug-likeness (QED) is 0.785. The fourth-order valence-corrected chi connectivity index (χ4v) is 3.52. The molecule has 0 saturated heterocycles. The SMILES string of the molecule is Cc1ccc2c(c1)OC(C)(C)C[C@H]2NC(=O)COc1ccc(Cl)cc1Cl. The van der Waals surface area contributed by atoms with E-state index >= 15 is 0 Å². The molecule has 1 N–H and O–H groups in total. The number of hydrogen-bond donors (Lipinski definition) is 1. The highest BCUT2D eigenvalue weighted by atomic mass is 35.5. The van der Waals surface area contributed by atoms with Gasteiger partial charge in [-0.2, -0.15) is 0 Å². The Hall–Kier alpha value is -1.91. The molecule has 1 amide bonds. The number of carbonyl (C=O) groups is 1. The number of ether oxygens (including phenoxy) is 2. The van der Waals surface area contributed by atoms with E-state index in [4.69, 9.17) is 32.7 Å². The zero-order valence-corrected chi connectivity index (χ0v) is 16.4. The van der Waals surface area contributed by atoms with Crippen LogP contribution in [0, 0.1) is 6.92 Å². The maximum Gasteiger partial charge on any atom is 0.258 e.